The number of rotatable bonds is 5. The van der Waals surface area contributed by atoms with Crippen molar-refractivity contribution in [3.8, 4) is 11.2 Å². The number of halogens is 2. The topological polar surface area (TPSA) is 34.1 Å². The minimum Gasteiger partial charge on any atom is -0.259 e. The Balaban J connectivity index is 1.82. The molecule has 0 amide bonds. The molecule has 0 aliphatic heterocycles. The van der Waals surface area contributed by atoms with Crippen molar-refractivity contribution in [2.45, 2.75) is 6.42 Å². The maximum Gasteiger partial charge on any atom is 0.111 e. The highest BCUT2D eigenvalue weighted by Crippen LogP contribution is 2.11. The molecule has 23 heavy (non-hydrogen) atoms. The SMILES string of the molecule is O=S(C#Cc1ccc(Br)cc1)CS(=O)CCc1ccc(Br)cc1. The van der Waals surface area contributed by atoms with Gasteiger partial charge < -0.3 is 0 Å². The van der Waals surface area contributed by atoms with Crippen LogP contribution in [0.3, 0.4) is 0 Å². The van der Waals surface area contributed by atoms with E-state index in [2.05, 4.69) is 43.0 Å². The van der Waals surface area contributed by atoms with E-state index in [0.29, 0.717) is 12.2 Å². The molecule has 0 bridgehead atoms. The Morgan fingerprint density at radius 1 is 0.870 bits per heavy atom. The van der Waals surface area contributed by atoms with Gasteiger partial charge in [0.25, 0.3) is 0 Å². The molecule has 0 fully saturated rings. The van der Waals surface area contributed by atoms with Crippen LogP contribution in [-0.2, 0) is 28.0 Å². The standard InChI is InChI=1S/C17H14Br2O2S2/c18-16-5-1-14(2-6-16)9-11-22(20)13-23(21)12-10-15-3-7-17(19)8-4-15/h1-8H,9,11,13H2. The van der Waals surface area contributed by atoms with Crippen molar-refractivity contribution < 1.29 is 8.42 Å². The molecule has 0 saturated carbocycles. The summed E-state index contributed by atoms with van der Waals surface area (Å²) in [6, 6.07) is 15.3. The predicted molar refractivity (Wildman–Crippen MR) is 105 cm³/mol. The van der Waals surface area contributed by atoms with Crippen LogP contribution in [-0.4, -0.2) is 19.3 Å². The summed E-state index contributed by atoms with van der Waals surface area (Å²) in [5.41, 5.74) is 1.91. The Labute approximate surface area is 158 Å². The van der Waals surface area contributed by atoms with Crippen LogP contribution in [0.15, 0.2) is 57.5 Å². The van der Waals surface area contributed by atoms with Gasteiger partial charge in [-0.1, -0.05) is 49.9 Å². The third kappa shape index (κ3) is 7.13. The lowest BCUT2D eigenvalue weighted by atomic mass is 10.2. The molecule has 0 N–H and O–H groups in total. The van der Waals surface area contributed by atoms with Crippen LogP contribution < -0.4 is 0 Å². The molecular weight excluding hydrogens is 460 g/mol. The van der Waals surface area contributed by atoms with Crippen molar-refractivity contribution >= 4 is 53.5 Å². The second kappa shape index (κ2) is 9.53. The summed E-state index contributed by atoms with van der Waals surface area (Å²) >= 11 is 6.73. The normalized spacial score (nSPS) is 13.0. The number of benzene rings is 2. The summed E-state index contributed by atoms with van der Waals surface area (Å²) in [5, 5.41) is 2.76. The van der Waals surface area contributed by atoms with Crippen LogP contribution in [0.2, 0.25) is 0 Å². The van der Waals surface area contributed by atoms with Crippen LogP contribution >= 0.6 is 31.9 Å². The van der Waals surface area contributed by atoms with E-state index in [0.717, 1.165) is 20.1 Å². The zero-order chi connectivity index (χ0) is 16.7. The maximum absolute atomic E-state index is 12.0. The first-order valence-corrected chi connectivity index (χ1v) is 11.2. The third-order valence-corrected chi connectivity index (χ3v) is 6.88. The first kappa shape index (κ1) is 18.6. The van der Waals surface area contributed by atoms with Crippen LogP contribution in [0.4, 0.5) is 0 Å². The molecule has 0 aliphatic rings. The second-order valence-electron chi connectivity index (χ2n) is 4.72. The van der Waals surface area contributed by atoms with Crippen molar-refractivity contribution in [2.75, 3.05) is 10.8 Å². The molecule has 2 nitrogen and oxygen atoms in total. The average molecular weight is 474 g/mol. The number of aryl methyl sites for hydroxylation is 1. The van der Waals surface area contributed by atoms with Gasteiger partial charge in [-0.05, 0) is 48.4 Å². The van der Waals surface area contributed by atoms with E-state index in [1.807, 2.05) is 48.5 Å². The summed E-state index contributed by atoms with van der Waals surface area (Å²) in [4.78, 5) is 0. The van der Waals surface area contributed by atoms with Gasteiger partial charge in [0.05, 0.1) is 0 Å². The summed E-state index contributed by atoms with van der Waals surface area (Å²) < 4.78 is 25.9. The molecule has 0 radical (unpaired) electrons. The van der Waals surface area contributed by atoms with Crippen LogP contribution in [0, 0.1) is 11.2 Å². The monoisotopic (exact) mass is 472 g/mol. The molecule has 2 unspecified atom stereocenters. The van der Waals surface area contributed by atoms with Crippen LogP contribution in [0.5, 0.6) is 0 Å². The second-order valence-corrected chi connectivity index (χ2v) is 9.67. The lowest BCUT2D eigenvalue weighted by molar-refractivity contribution is 0.681. The minimum absolute atomic E-state index is 0.0973. The van der Waals surface area contributed by atoms with Crippen molar-refractivity contribution in [3.63, 3.8) is 0 Å². The Morgan fingerprint density at radius 2 is 1.43 bits per heavy atom. The van der Waals surface area contributed by atoms with E-state index in [-0.39, 0.29) is 5.08 Å². The van der Waals surface area contributed by atoms with Crippen molar-refractivity contribution in [2.24, 2.45) is 0 Å². The third-order valence-electron chi connectivity index (χ3n) is 2.92. The van der Waals surface area contributed by atoms with Gasteiger partial charge in [-0.15, -0.1) is 0 Å². The zero-order valence-electron chi connectivity index (χ0n) is 12.1. The van der Waals surface area contributed by atoms with Crippen LogP contribution in [0.25, 0.3) is 0 Å². The molecule has 0 aromatic heterocycles. The fourth-order valence-corrected chi connectivity index (χ4v) is 4.63. The van der Waals surface area contributed by atoms with Gasteiger partial charge in [-0.2, -0.15) is 0 Å². The van der Waals surface area contributed by atoms with E-state index in [1.54, 1.807) is 0 Å². The summed E-state index contributed by atoms with van der Waals surface area (Å²) in [6.45, 7) is 0. The Bertz CT molecular complexity index is 760. The molecule has 2 atom stereocenters. The fourth-order valence-electron chi connectivity index (χ4n) is 1.74. The Kier molecular flexibility index (Phi) is 7.71. The van der Waals surface area contributed by atoms with E-state index in [4.69, 9.17) is 0 Å². The fraction of sp³-hybridized carbons (Fsp3) is 0.176. The molecule has 0 aliphatic carbocycles. The molecule has 0 spiro atoms. The number of hydrogen-bond acceptors (Lipinski definition) is 2. The van der Waals surface area contributed by atoms with Gasteiger partial charge in [-0.3, -0.25) is 4.21 Å². The van der Waals surface area contributed by atoms with Crippen molar-refractivity contribution in [1.29, 1.82) is 0 Å². The van der Waals surface area contributed by atoms with E-state index in [9.17, 15) is 8.42 Å². The van der Waals surface area contributed by atoms with Gasteiger partial charge in [-0.25, -0.2) is 4.21 Å². The van der Waals surface area contributed by atoms with Crippen molar-refractivity contribution in [1.82, 2.24) is 0 Å². The van der Waals surface area contributed by atoms with Gasteiger partial charge >= 0.3 is 0 Å². The highest BCUT2D eigenvalue weighted by molar-refractivity contribution is 9.10. The molecule has 0 saturated heterocycles. The summed E-state index contributed by atoms with van der Waals surface area (Å²) in [5.74, 6) is 3.34. The number of hydrogen-bond donors (Lipinski definition) is 0. The molecule has 0 heterocycles. The first-order valence-electron chi connectivity index (χ1n) is 6.78. The van der Waals surface area contributed by atoms with Crippen LogP contribution in [0.1, 0.15) is 11.1 Å². The molecule has 2 aromatic rings. The lowest BCUT2D eigenvalue weighted by Crippen LogP contribution is -2.08. The summed E-state index contributed by atoms with van der Waals surface area (Å²) in [6.07, 6.45) is 0.706. The first-order chi connectivity index (χ1) is 11.0. The molecule has 2 aromatic carbocycles. The summed E-state index contributed by atoms with van der Waals surface area (Å²) in [7, 11) is -2.54. The van der Waals surface area contributed by atoms with Gasteiger partial charge in [0.15, 0.2) is 0 Å². The van der Waals surface area contributed by atoms with Gasteiger partial charge in [0.1, 0.15) is 15.9 Å². The average Bonchev–Trinajstić information content (AvgIpc) is 2.54. The quantitative estimate of drug-likeness (QED) is 0.609. The highest BCUT2D eigenvalue weighted by atomic mass is 79.9. The Morgan fingerprint density at radius 3 is 2.04 bits per heavy atom. The largest absolute Gasteiger partial charge is 0.259 e. The maximum atomic E-state index is 12.0. The van der Waals surface area contributed by atoms with E-state index in [1.165, 1.54) is 0 Å². The lowest BCUT2D eigenvalue weighted by Gasteiger charge is -2.01. The molecule has 6 heteroatoms. The molecule has 2 rings (SSSR count). The van der Waals surface area contributed by atoms with E-state index >= 15 is 0 Å². The predicted octanol–water partition coefficient (Wildman–Crippen LogP) is 4.22. The van der Waals surface area contributed by atoms with Crippen molar-refractivity contribution in [3.05, 3.63) is 68.6 Å². The van der Waals surface area contributed by atoms with Gasteiger partial charge in [0, 0.05) is 36.3 Å². The minimum atomic E-state index is -1.40. The molecule has 120 valence electrons. The van der Waals surface area contributed by atoms with Gasteiger partial charge in [0.2, 0.25) is 0 Å². The zero-order valence-corrected chi connectivity index (χ0v) is 16.9. The highest BCUT2D eigenvalue weighted by Gasteiger charge is 2.05. The Hall–Kier alpha value is -0.740. The van der Waals surface area contributed by atoms with E-state index < -0.39 is 21.6 Å². The molecular formula is C17H14Br2O2S2. The smallest absolute Gasteiger partial charge is 0.111 e.